The van der Waals surface area contributed by atoms with Gasteiger partial charge in [-0.3, -0.25) is 0 Å². The van der Waals surface area contributed by atoms with Gasteiger partial charge in [-0.1, -0.05) is 23.8 Å². The average molecular weight is 152 g/mol. The zero-order valence-corrected chi connectivity index (χ0v) is 6.36. The second-order valence-electron chi connectivity index (χ2n) is 2.65. The fourth-order valence-corrected chi connectivity index (χ4v) is 1.06. The Morgan fingerprint density at radius 1 is 1.73 bits per heavy atom. The van der Waals surface area contributed by atoms with Crippen molar-refractivity contribution in [1.29, 1.82) is 0 Å². The zero-order chi connectivity index (χ0) is 8.10. The molecule has 1 atom stereocenters. The van der Waals surface area contributed by atoms with Crippen LogP contribution in [0.15, 0.2) is 23.8 Å². The van der Waals surface area contributed by atoms with Crippen molar-refractivity contribution in [2.75, 3.05) is 0 Å². The van der Waals surface area contributed by atoms with Crippen molar-refractivity contribution >= 4 is 6.29 Å². The molecule has 0 radical (unpaired) electrons. The lowest BCUT2D eigenvalue weighted by atomic mass is 10.0. The maximum Gasteiger partial charge on any atom is 0.120 e. The van der Waals surface area contributed by atoms with E-state index in [4.69, 9.17) is 5.11 Å². The Morgan fingerprint density at radius 3 is 3.09 bits per heavy atom. The van der Waals surface area contributed by atoms with E-state index in [2.05, 4.69) is 0 Å². The predicted molar refractivity (Wildman–Crippen MR) is 43.1 cm³/mol. The van der Waals surface area contributed by atoms with E-state index in [-0.39, 0.29) is 6.10 Å². The van der Waals surface area contributed by atoms with Crippen LogP contribution in [-0.4, -0.2) is 17.5 Å². The summed E-state index contributed by atoms with van der Waals surface area (Å²) in [5.41, 5.74) is 1.16. The van der Waals surface area contributed by atoms with Crippen molar-refractivity contribution in [3.05, 3.63) is 23.8 Å². The first-order chi connectivity index (χ1) is 5.33. The third kappa shape index (κ3) is 2.68. The summed E-state index contributed by atoms with van der Waals surface area (Å²) < 4.78 is 0. The second-order valence-corrected chi connectivity index (χ2v) is 2.65. The summed E-state index contributed by atoms with van der Waals surface area (Å²) in [6.45, 7) is 0. The number of hydrogen-bond donors (Lipinski definition) is 1. The quantitative estimate of drug-likeness (QED) is 0.617. The lowest BCUT2D eigenvalue weighted by molar-refractivity contribution is -0.107. The lowest BCUT2D eigenvalue weighted by Crippen LogP contribution is -2.03. The van der Waals surface area contributed by atoms with Gasteiger partial charge in [-0.05, 0) is 12.8 Å². The standard InChI is InChI=1S/C9H12O2/c10-7-1-2-8-3-5-9(11)6-4-8/h3-5,7,9,11H,1-2,6H2. The number of carbonyl (C=O) groups is 1. The van der Waals surface area contributed by atoms with Gasteiger partial charge in [0.1, 0.15) is 6.29 Å². The maximum atomic E-state index is 10.0. The molecule has 0 aromatic heterocycles. The topological polar surface area (TPSA) is 37.3 Å². The van der Waals surface area contributed by atoms with Gasteiger partial charge in [0.2, 0.25) is 0 Å². The molecule has 1 unspecified atom stereocenters. The molecule has 0 spiro atoms. The van der Waals surface area contributed by atoms with Crippen LogP contribution in [0.25, 0.3) is 0 Å². The molecule has 2 heteroatoms. The van der Waals surface area contributed by atoms with E-state index in [0.29, 0.717) is 12.8 Å². The Morgan fingerprint density at radius 2 is 2.55 bits per heavy atom. The van der Waals surface area contributed by atoms with Gasteiger partial charge in [-0.15, -0.1) is 0 Å². The molecule has 11 heavy (non-hydrogen) atoms. The molecular weight excluding hydrogens is 140 g/mol. The molecule has 0 fully saturated rings. The van der Waals surface area contributed by atoms with Crippen LogP contribution >= 0.6 is 0 Å². The highest BCUT2D eigenvalue weighted by Gasteiger charge is 2.03. The first-order valence-corrected chi connectivity index (χ1v) is 3.82. The van der Waals surface area contributed by atoms with Crippen molar-refractivity contribution < 1.29 is 9.90 Å². The van der Waals surface area contributed by atoms with Gasteiger partial charge in [-0.2, -0.15) is 0 Å². The van der Waals surface area contributed by atoms with Gasteiger partial charge in [0.15, 0.2) is 0 Å². The molecule has 1 rings (SSSR count). The van der Waals surface area contributed by atoms with Crippen LogP contribution in [0.3, 0.4) is 0 Å². The number of aldehydes is 1. The Balaban J connectivity index is 2.37. The van der Waals surface area contributed by atoms with E-state index in [9.17, 15) is 4.79 Å². The molecule has 0 saturated heterocycles. The molecule has 1 N–H and O–H groups in total. The SMILES string of the molecule is O=CCCC1=CCC(O)C=C1. The van der Waals surface area contributed by atoms with Crippen LogP contribution < -0.4 is 0 Å². The molecular formula is C9H12O2. The van der Waals surface area contributed by atoms with Gasteiger partial charge in [0.05, 0.1) is 6.10 Å². The fraction of sp³-hybridized carbons (Fsp3) is 0.444. The Hall–Kier alpha value is -0.890. The summed E-state index contributed by atoms with van der Waals surface area (Å²) in [6, 6.07) is 0. The first kappa shape index (κ1) is 8.21. The van der Waals surface area contributed by atoms with Crippen LogP contribution in [0, 0.1) is 0 Å². The van der Waals surface area contributed by atoms with Gasteiger partial charge in [0, 0.05) is 6.42 Å². The molecule has 60 valence electrons. The molecule has 0 aromatic carbocycles. The number of carbonyl (C=O) groups excluding carboxylic acids is 1. The summed E-state index contributed by atoms with van der Waals surface area (Å²) in [5.74, 6) is 0. The normalized spacial score (nSPS) is 23.0. The fourth-order valence-electron chi connectivity index (χ4n) is 1.06. The molecule has 2 nitrogen and oxygen atoms in total. The number of allylic oxidation sites excluding steroid dienone is 2. The van der Waals surface area contributed by atoms with Crippen molar-refractivity contribution in [3.8, 4) is 0 Å². The molecule has 0 saturated carbocycles. The average Bonchev–Trinajstić information content (AvgIpc) is 2.04. The van der Waals surface area contributed by atoms with E-state index in [1.807, 2.05) is 12.2 Å². The minimum Gasteiger partial charge on any atom is -0.389 e. The van der Waals surface area contributed by atoms with E-state index >= 15 is 0 Å². The number of aliphatic hydroxyl groups excluding tert-OH is 1. The van der Waals surface area contributed by atoms with Crippen LogP contribution in [0.2, 0.25) is 0 Å². The highest BCUT2D eigenvalue weighted by atomic mass is 16.3. The molecule has 0 bridgehead atoms. The number of aliphatic hydroxyl groups is 1. The van der Waals surface area contributed by atoms with E-state index in [1.54, 1.807) is 6.08 Å². The summed E-state index contributed by atoms with van der Waals surface area (Å²) >= 11 is 0. The van der Waals surface area contributed by atoms with E-state index in [0.717, 1.165) is 18.3 Å². The molecule has 1 aliphatic carbocycles. The van der Waals surface area contributed by atoms with Crippen molar-refractivity contribution in [1.82, 2.24) is 0 Å². The minimum absolute atomic E-state index is 0.324. The number of hydrogen-bond acceptors (Lipinski definition) is 2. The van der Waals surface area contributed by atoms with Gasteiger partial charge < -0.3 is 9.90 Å². The summed E-state index contributed by atoms with van der Waals surface area (Å²) in [7, 11) is 0. The van der Waals surface area contributed by atoms with Gasteiger partial charge >= 0.3 is 0 Å². The predicted octanol–water partition coefficient (Wildman–Crippen LogP) is 1.21. The largest absolute Gasteiger partial charge is 0.389 e. The second kappa shape index (κ2) is 4.09. The highest BCUT2D eigenvalue weighted by Crippen LogP contribution is 2.14. The molecule has 0 aliphatic heterocycles. The Bertz CT molecular complexity index is 192. The smallest absolute Gasteiger partial charge is 0.120 e. The van der Waals surface area contributed by atoms with Crippen molar-refractivity contribution in [2.45, 2.75) is 25.4 Å². The van der Waals surface area contributed by atoms with Gasteiger partial charge in [-0.25, -0.2) is 0 Å². The molecule has 1 aliphatic rings. The third-order valence-electron chi connectivity index (χ3n) is 1.70. The summed E-state index contributed by atoms with van der Waals surface area (Å²) in [6.07, 6.45) is 8.28. The highest BCUT2D eigenvalue weighted by molar-refractivity contribution is 5.50. The van der Waals surface area contributed by atoms with Crippen LogP contribution in [0.1, 0.15) is 19.3 Å². The van der Waals surface area contributed by atoms with Crippen molar-refractivity contribution in [2.24, 2.45) is 0 Å². The minimum atomic E-state index is -0.324. The maximum absolute atomic E-state index is 10.0. The molecule has 0 amide bonds. The zero-order valence-electron chi connectivity index (χ0n) is 6.36. The lowest BCUT2D eigenvalue weighted by Gasteiger charge is -2.09. The van der Waals surface area contributed by atoms with E-state index in [1.165, 1.54) is 0 Å². The Labute approximate surface area is 66.2 Å². The van der Waals surface area contributed by atoms with Crippen molar-refractivity contribution in [3.63, 3.8) is 0 Å². The first-order valence-electron chi connectivity index (χ1n) is 3.82. The number of rotatable bonds is 3. The Kier molecular flexibility index (Phi) is 3.05. The van der Waals surface area contributed by atoms with E-state index < -0.39 is 0 Å². The third-order valence-corrected chi connectivity index (χ3v) is 1.70. The monoisotopic (exact) mass is 152 g/mol. The summed E-state index contributed by atoms with van der Waals surface area (Å²) in [4.78, 5) is 10.0. The summed E-state index contributed by atoms with van der Waals surface area (Å²) in [5, 5.41) is 9.05. The molecule has 0 heterocycles. The van der Waals surface area contributed by atoms with Crippen LogP contribution in [0.4, 0.5) is 0 Å². The van der Waals surface area contributed by atoms with Crippen LogP contribution in [0.5, 0.6) is 0 Å². The van der Waals surface area contributed by atoms with Gasteiger partial charge in [0.25, 0.3) is 0 Å². The van der Waals surface area contributed by atoms with Crippen LogP contribution in [-0.2, 0) is 4.79 Å². The molecule has 0 aromatic rings.